The smallest absolute Gasteiger partial charge is 0.146 e. The molecular weight excluding hydrogens is 243 g/mol. The van der Waals surface area contributed by atoms with Crippen molar-refractivity contribution in [2.24, 2.45) is 0 Å². The van der Waals surface area contributed by atoms with Gasteiger partial charge in [0.05, 0.1) is 18.4 Å². The van der Waals surface area contributed by atoms with Gasteiger partial charge in [0.25, 0.3) is 0 Å². The quantitative estimate of drug-likeness (QED) is 0.906. The molecule has 0 aromatic heterocycles. The Morgan fingerprint density at radius 3 is 2.89 bits per heavy atom. The zero-order valence-corrected chi connectivity index (χ0v) is 11.9. The number of benzene rings is 1. The van der Waals surface area contributed by atoms with Crippen LogP contribution in [-0.4, -0.2) is 31.8 Å². The van der Waals surface area contributed by atoms with E-state index in [-0.39, 0.29) is 18.0 Å². The predicted molar refractivity (Wildman–Crippen MR) is 76.0 cm³/mol. The molecule has 2 rings (SSSR count). The largest absolute Gasteiger partial charge is 0.375 e. The lowest BCUT2D eigenvalue weighted by Gasteiger charge is -2.38. The van der Waals surface area contributed by atoms with Gasteiger partial charge >= 0.3 is 0 Å². The molecule has 1 heterocycles. The molecule has 1 aliphatic rings. The standard InChI is InChI=1S/C15H23FN2O/c1-4-17-8-13-5-6-15(14(16)7-13)18-9-12(3)19-10-11(18)2/h5-7,11-12,17H,4,8-10H2,1-3H3. The highest BCUT2D eigenvalue weighted by atomic mass is 19.1. The number of anilines is 1. The summed E-state index contributed by atoms with van der Waals surface area (Å²) in [6.07, 6.45) is 0.150. The summed E-state index contributed by atoms with van der Waals surface area (Å²) in [5.41, 5.74) is 1.67. The number of ether oxygens (including phenoxy) is 1. The van der Waals surface area contributed by atoms with Crippen molar-refractivity contribution >= 4 is 5.69 Å². The number of morpholine rings is 1. The molecule has 1 aromatic rings. The van der Waals surface area contributed by atoms with Crippen LogP contribution in [0.25, 0.3) is 0 Å². The van der Waals surface area contributed by atoms with Gasteiger partial charge in [0, 0.05) is 19.1 Å². The maximum Gasteiger partial charge on any atom is 0.146 e. The van der Waals surface area contributed by atoms with Crippen LogP contribution in [0, 0.1) is 5.82 Å². The van der Waals surface area contributed by atoms with Crippen molar-refractivity contribution in [2.45, 2.75) is 39.5 Å². The second-order valence-corrected chi connectivity index (χ2v) is 5.21. The first-order valence-corrected chi connectivity index (χ1v) is 6.99. The molecular formula is C15H23FN2O. The first kappa shape index (κ1) is 14.3. The van der Waals surface area contributed by atoms with Crippen LogP contribution >= 0.6 is 0 Å². The van der Waals surface area contributed by atoms with Crippen LogP contribution in [0.2, 0.25) is 0 Å². The number of hydrogen-bond donors (Lipinski definition) is 1. The molecule has 0 spiro atoms. The third-order valence-corrected chi connectivity index (χ3v) is 3.51. The summed E-state index contributed by atoms with van der Waals surface area (Å²) in [6, 6.07) is 5.72. The first-order chi connectivity index (χ1) is 9.11. The Hall–Kier alpha value is -1.13. The molecule has 2 atom stereocenters. The Bertz CT molecular complexity index is 425. The second-order valence-electron chi connectivity index (χ2n) is 5.21. The Kier molecular flexibility index (Phi) is 4.77. The summed E-state index contributed by atoms with van der Waals surface area (Å²) in [7, 11) is 0. The Morgan fingerprint density at radius 1 is 1.42 bits per heavy atom. The molecule has 1 aliphatic heterocycles. The van der Waals surface area contributed by atoms with Crippen molar-refractivity contribution in [2.75, 3.05) is 24.6 Å². The first-order valence-electron chi connectivity index (χ1n) is 6.99. The topological polar surface area (TPSA) is 24.5 Å². The minimum Gasteiger partial charge on any atom is -0.375 e. The monoisotopic (exact) mass is 266 g/mol. The normalized spacial score (nSPS) is 23.7. The lowest BCUT2D eigenvalue weighted by molar-refractivity contribution is 0.0341. The SMILES string of the molecule is CCNCc1ccc(N2CC(C)OCC2C)c(F)c1. The summed E-state index contributed by atoms with van der Waals surface area (Å²) in [6.45, 7) is 9.13. The lowest BCUT2D eigenvalue weighted by Crippen LogP contribution is -2.47. The molecule has 1 N–H and O–H groups in total. The van der Waals surface area contributed by atoms with Crippen molar-refractivity contribution in [3.63, 3.8) is 0 Å². The van der Waals surface area contributed by atoms with Crippen molar-refractivity contribution in [3.05, 3.63) is 29.6 Å². The van der Waals surface area contributed by atoms with Gasteiger partial charge in [-0.3, -0.25) is 0 Å². The molecule has 1 aromatic carbocycles. The highest BCUT2D eigenvalue weighted by Crippen LogP contribution is 2.25. The van der Waals surface area contributed by atoms with Crippen LogP contribution in [0.5, 0.6) is 0 Å². The van der Waals surface area contributed by atoms with Gasteiger partial charge in [-0.05, 0) is 38.1 Å². The summed E-state index contributed by atoms with van der Waals surface area (Å²) in [5, 5.41) is 3.21. The third-order valence-electron chi connectivity index (χ3n) is 3.51. The molecule has 1 fully saturated rings. The molecule has 19 heavy (non-hydrogen) atoms. The second kappa shape index (κ2) is 6.35. The maximum atomic E-state index is 14.3. The molecule has 4 heteroatoms. The van der Waals surface area contributed by atoms with Crippen molar-refractivity contribution in [3.8, 4) is 0 Å². The molecule has 0 amide bonds. The molecule has 3 nitrogen and oxygen atoms in total. The van der Waals surface area contributed by atoms with Gasteiger partial charge < -0.3 is 15.0 Å². The van der Waals surface area contributed by atoms with E-state index < -0.39 is 0 Å². The Morgan fingerprint density at radius 2 is 2.21 bits per heavy atom. The van der Waals surface area contributed by atoms with Gasteiger partial charge in [-0.2, -0.15) is 0 Å². The molecule has 106 valence electrons. The maximum absolute atomic E-state index is 14.3. The fourth-order valence-corrected chi connectivity index (χ4v) is 2.40. The summed E-state index contributed by atoms with van der Waals surface area (Å²) < 4.78 is 19.8. The van der Waals surface area contributed by atoms with Gasteiger partial charge in [0.1, 0.15) is 5.82 Å². The average Bonchev–Trinajstić information content (AvgIpc) is 2.40. The molecule has 0 bridgehead atoms. The molecule has 0 aliphatic carbocycles. The van der Waals surface area contributed by atoms with Crippen molar-refractivity contribution in [1.82, 2.24) is 5.32 Å². The van der Waals surface area contributed by atoms with E-state index in [4.69, 9.17) is 4.74 Å². The van der Waals surface area contributed by atoms with Crippen LogP contribution in [0.3, 0.4) is 0 Å². The minimum atomic E-state index is -0.142. The summed E-state index contributed by atoms with van der Waals surface area (Å²) >= 11 is 0. The van der Waals surface area contributed by atoms with Gasteiger partial charge in [-0.15, -0.1) is 0 Å². The molecule has 0 saturated carbocycles. The number of hydrogen-bond acceptors (Lipinski definition) is 3. The van der Waals surface area contributed by atoms with E-state index in [2.05, 4.69) is 17.1 Å². The van der Waals surface area contributed by atoms with E-state index in [1.807, 2.05) is 26.0 Å². The predicted octanol–water partition coefficient (Wildman–Crippen LogP) is 2.55. The van der Waals surface area contributed by atoms with Crippen LogP contribution in [0.15, 0.2) is 18.2 Å². The van der Waals surface area contributed by atoms with Crippen molar-refractivity contribution in [1.29, 1.82) is 0 Å². The highest BCUT2D eigenvalue weighted by Gasteiger charge is 2.25. The van der Waals surface area contributed by atoms with Gasteiger partial charge in [-0.1, -0.05) is 13.0 Å². The van der Waals surface area contributed by atoms with E-state index in [0.29, 0.717) is 18.8 Å². The summed E-state index contributed by atoms with van der Waals surface area (Å²) in [5.74, 6) is -0.142. The Labute approximate surface area is 114 Å². The molecule has 0 radical (unpaired) electrons. The van der Waals surface area contributed by atoms with Gasteiger partial charge in [0.15, 0.2) is 0 Å². The van der Waals surface area contributed by atoms with E-state index in [0.717, 1.165) is 18.7 Å². The lowest BCUT2D eigenvalue weighted by atomic mass is 10.1. The van der Waals surface area contributed by atoms with Crippen LogP contribution < -0.4 is 10.2 Å². The number of rotatable bonds is 4. The number of nitrogens with one attached hydrogen (secondary N) is 1. The third kappa shape index (κ3) is 3.45. The minimum absolute atomic E-state index is 0.142. The summed E-state index contributed by atoms with van der Waals surface area (Å²) in [4.78, 5) is 2.10. The Balaban J connectivity index is 2.15. The van der Waals surface area contributed by atoms with Gasteiger partial charge in [-0.25, -0.2) is 4.39 Å². The number of nitrogens with zero attached hydrogens (tertiary/aromatic N) is 1. The van der Waals surface area contributed by atoms with Gasteiger partial charge in [0.2, 0.25) is 0 Å². The van der Waals surface area contributed by atoms with E-state index in [1.54, 1.807) is 6.07 Å². The molecule has 2 unspecified atom stereocenters. The number of halogens is 1. The van der Waals surface area contributed by atoms with Crippen LogP contribution in [-0.2, 0) is 11.3 Å². The highest BCUT2D eigenvalue weighted by molar-refractivity contribution is 5.50. The molecule has 1 saturated heterocycles. The zero-order chi connectivity index (χ0) is 13.8. The zero-order valence-electron chi connectivity index (χ0n) is 11.9. The van der Waals surface area contributed by atoms with Crippen LogP contribution in [0.4, 0.5) is 10.1 Å². The van der Waals surface area contributed by atoms with E-state index >= 15 is 0 Å². The van der Waals surface area contributed by atoms with Crippen molar-refractivity contribution < 1.29 is 9.13 Å². The average molecular weight is 266 g/mol. The van der Waals surface area contributed by atoms with E-state index in [9.17, 15) is 4.39 Å². The fourth-order valence-electron chi connectivity index (χ4n) is 2.40. The van der Waals surface area contributed by atoms with Crippen LogP contribution in [0.1, 0.15) is 26.3 Å². The van der Waals surface area contributed by atoms with E-state index in [1.165, 1.54) is 0 Å². The fraction of sp³-hybridized carbons (Fsp3) is 0.600.